The minimum absolute atomic E-state index is 0.103. The van der Waals surface area contributed by atoms with Gasteiger partial charge in [-0.15, -0.1) is 0 Å². The van der Waals surface area contributed by atoms with E-state index in [2.05, 4.69) is 0 Å². The smallest absolute Gasteiger partial charge is 0.335 e. The summed E-state index contributed by atoms with van der Waals surface area (Å²) in [5.41, 5.74) is -1.75. The molecule has 0 aromatic heterocycles. The molecule has 0 saturated carbocycles. The largest absolute Gasteiger partial charge is 0.502 e. The van der Waals surface area contributed by atoms with Crippen molar-refractivity contribution in [1.82, 2.24) is 0 Å². The summed E-state index contributed by atoms with van der Waals surface area (Å²) in [5, 5.41) is 47.2. The van der Waals surface area contributed by atoms with Crippen LogP contribution in [0.15, 0.2) is 12.1 Å². The van der Waals surface area contributed by atoms with Crippen LogP contribution in [0.5, 0.6) is 5.75 Å². The molecule has 0 aliphatic rings. The summed E-state index contributed by atoms with van der Waals surface area (Å²) >= 11 is 0. The Morgan fingerprint density at radius 3 is 2.37 bits per heavy atom. The Hall–Kier alpha value is -2.52. The Kier molecular flexibility index (Phi) is 4.14. The van der Waals surface area contributed by atoms with Gasteiger partial charge in [0.2, 0.25) is 5.75 Å². The molecule has 102 valence electrons. The van der Waals surface area contributed by atoms with Gasteiger partial charge in [0.1, 0.15) is 6.10 Å². The molecule has 1 aromatic carbocycles. The lowest BCUT2D eigenvalue weighted by molar-refractivity contribution is -0.386. The highest BCUT2D eigenvalue weighted by Gasteiger charge is 2.29. The molecule has 0 aliphatic heterocycles. The maximum absolute atomic E-state index is 10.6. The number of phenolic OH excluding ortho intramolecular Hbond substituents is 1. The van der Waals surface area contributed by atoms with E-state index in [0.717, 1.165) is 6.07 Å². The second-order valence-corrected chi connectivity index (χ2v) is 3.58. The lowest BCUT2D eigenvalue weighted by atomic mass is 10.0. The van der Waals surface area contributed by atoms with Crippen molar-refractivity contribution in [3.63, 3.8) is 0 Å². The third kappa shape index (κ3) is 2.84. The molecule has 0 aliphatic carbocycles. The second kappa shape index (κ2) is 5.42. The summed E-state index contributed by atoms with van der Waals surface area (Å²) in [6.07, 6.45) is -4.09. The highest BCUT2D eigenvalue weighted by atomic mass is 16.6. The fraction of sp³-hybridized carbons (Fsp3) is 0.200. The van der Waals surface area contributed by atoms with Gasteiger partial charge in [-0.25, -0.2) is 4.79 Å². The van der Waals surface area contributed by atoms with Crippen LogP contribution in [-0.4, -0.2) is 43.7 Å². The fourth-order valence-electron chi connectivity index (χ4n) is 1.38. The van der Waals surface area contributed by atoms with E-state index in [9.17, 15) is 29.9 Å². The number of aliphatic hydroxyl groups is 2. The number of nitrogens with zero attached hydrogens (tertiary/aromatic N) is 1. The highest BCUT2D eigenvalue weighted by molar-refractivity contribution is 5.83. The Morgan fingerprint density at radius 1 is 1.37 bits per heavy atom. The number of carbonyl (C=O) groups is 2. The quantitative estimate of drug-likeness (QED) is 0.319. The van der Waals surface area contributed by atoms with Crippen molar-refractivity contribution in [2.75, 3.05) is 0 Å². The van der Waals surface area contributed by atoms with E-state index in [1.807, 2.05) is 0 Å². The zero-order valence-corrected chi connectivity index (χ0v) is 9.26. The van der Waals surface area contributed by atoms with Crippen molar-refractivity contribution in [1.29, 1.82) is 0 Å². The number of nitro benzene ring substituents is 1. The molecule has 2 unspecified atom stereocenters. The number of hydrogen-bond donors (Lipinski definition) is 4. The molecular formula is C10H9NO8. The van der Waals surface area contributed by atoms with Gasteiger partial charge in [0.25, 0.3) is 0 Å². The van der Waals surface area contributed by atoms with Crippen LogP contribution in [0.3, 0.4) is 0 Å². The topological polar surface area (TPSA) is 158 Å². The van der Waals surface area contributed by atoms with Gasteiger partial charge in [0.05, 0.1) is 10.5 Å². The average Bonchev–Trinajstić information content (AvgIpc) is 2.36. The monoisotopic (exact) mass is 271 g/mol. The summed E-state index contributed by atoms with van der Waals surface area (Å²) in [4.78, 5) is 30.8. The first-order valence-corrected chi connectivity index (χ1v) is 4.85. The molecule has 9 nitrogen and oxygen atoms in total. The molecule has 2 atom stereocenters. The zero-order valence-electron chi connectivity index (χ0n) is 9.26. The summed E-state index contributed by atoms with van der Waals surface area (Å²) < 4.78 is 0. The SMILES string of the molecule is O=Cc1cc(C(O)C(O)C(=O)O)cc([N+](=O)[O-])c1O. The lowest BCUT2D eigenvalue weighted by Gasteiger charge is -2.15. The van der Waals surface area contributed by atoms with E-state index in [1.165, 1.54) is 0 Å². The van der Waals surface area contributed by atoms with Gasteiger partial charge in [0, 0.05) is 6.07 Å². The normalized spacial score (nSPS) is 13.6. The number of carboxylic acid groups (broad SMARTS) is 1. The third-order valence-corrected chi connectivity index (χ3v) is 2.36. The van der Waals surface area contributed by atoms with Crippen molar-refractivity contribution in [3.8, 4) is 5.75 Å². The van der Waals surface area contributed by atoms with Gasteiger partial charge in [-0.1, -0.05) is 0 Å². The molecule has 0 radical (unpaired) electrons. The molecule has 0 fully saturated rings. The van der Waals surface area contributed by atoms with Crippen LogP contribution in [0.2, 0.25) is 0 Å². The predicted octanol–water partition coefficient (Wildman–Crippen LogP) is -0.408. The minimum Gasteiger partial charge on any atom is -0.502 e. The Bertz CT molecular complexity index is 541. The summed E-state index contributed by atoms with van der Waals surface area (Å²) in [7, 11) is 0. The van der Waals surface area contributed by atoms with Gasteiger partial charge in [-0.05, 0) is 11.6 Å². The second-order valence-electron chi connectivity index (χ2n) is 3.58. The zero-order chi connectivity index (χ0) is 14.7. The molecular weight excluding hydrogens is 262 g/mol. The summed E-state index contributed by atoms with van der Waals surface area (Å²) in [5.74, 6) is -2.64. The van der Waals surface area contributed by atoms with Gasteiger partial charge in [-0.2, -0.15) is 0 Å². The Labute approximate surface area is 105 Å². The molecule has 0 spiro atoms. The lowest BCUT2D eigenvalue weighted by Crippen LogP contribution is -2.27. The summed E-state index contributed by atoms with van der Waals surface area (Å²) in [6, 6.07) is 1.53. The number of carboxylic acids is 1. The van der Waals surface area contributed by atoms with Crippen molar-refractivity contribution >= 4 is 17.9 Å². The molecule has 0 saturated heterocycles. The van der Waals surface area contributed by atoms with Crippen molar-refractivity contribution in [3.05, 3.63) is 33.4 Å². The van der Waals surface area contributed by atoms with Gasteiger partial charge >= 0.3 is 11.7 Å². The number of nitro groups is 1. The first-order chi connectivity index (χ1) is 8.79. The van der Waals surface area contributed by atoms with E-state index >= 15 is 0 Å². The fourth-order valence-corrected chi connectivity index (χ4v) is 1.38. The molecule has 1 aromatic rings. The average molecular weight is 271 g/mol. The molecule has 0 heterocycles. The van der Waals surface area contributed by atoms with Crippen LogP contribution in [-0.2, 0) is 4.79 Å². The Balaban J connectivity index is 3.37. The van der Waals surface area contributed by atoms with Gasteiger partial charge in [-0.3, -0.25) is 14.9 Å². The molecule has 1 rings (SSSR count). The number of aliphatic carboxylic acids is 1. The van der Waals surface area contributed by atoms with Gasteiger partial charge < -0.3 is 20.4 Å². The molecule has 9 heteroatoms. The first kappa shape index (κ1) is 14.5. The maximum atomic E-state index is 10.6. The minimum atomic E-state index is -2.22. The van der Waals surface area contributed by atoms with Crippen LogP contribution in [0.25, 0.3) is 0 Å². The van der Waals surface area contributed by atoms with Crippen LogP contribution in [0, 0.1) is 10.1 Å². The number of aldehydes is 1. The number of aromatic hydroxyl groups is 1. The van der Waals surface area contributed by atoms with Crippen molar-refractivity contribution in [2.45, 2.75) is 12.2 Å². The maximum Gasteiger partial charge on any atom is 0.335 e. The number of phenols is 1. The summed E-state index contributed by atoms with van der Waals surface area (Å²) in [6.45, 7) is 0. The standard InChI is InChI=1S/C10H9NO8/c12-3-5-1-4(8(14)9(15)10(16)17)2-6(7(5)13)11(18)19/h1-3,8-9,13-15H,(H,16,17). The van der Waals surface area contributed by atoms with Crippen LogP contribution in [0.1, 0.15) is 22.0 Å². The number of aliphatic hydroxyl groups excluding tert-OH is 2. The molecule has 0 bridgehead atoms. The Morgan fingerprint density at radius 2 is 1.95 bits per heavy atom. The first-order valence-electron chi connectivity index (χ1n) is 4.85. The van der Waals surface area contributed by atoms with E-state index in [1.54, 1.807) is 0 Å². The van der Waals surface area contributed by atoms with Gasteiger partial charge in [0.15, 0.2) is 12.4 Å². The van der Waals surface area contributed by atoms with Crippen LogP contribution >= 0.6 is 0 Å². The number of rotatable bonds is 5. The molecule has 4 N–H and O–H groups in total. The molecule has 0 amide bonds. The van der Waals surface area contributed by atoms with Crippen molar-refractivity contribution in [2.24, 2.45) is 0 Å². The van der Waals surface area contributed by atoms with E-state index in [0.29, 0.717) is 6.07 Å². The predicted molar refractivity (Wildman–Crippen MR) is 58.8 cm³/mol. The van der Waals surface area contributed by atoms with E-state index < -0.39 is 40.1 Å². The number of carbonyl (C=O) groups excluding carboxylic acids is 1. The van der Waals surface area contributed by atoms with E-state index in [4.69, 9.17) is 10.2 Å². The highest BCUT2D eigenvalue weighted by Crippen LogP contribution is 2.33. The number of hydrogen-bond acceptors (Lipinski definition) is 7. The van der Waals surface area contributed by atoms with Crippen molar-refractivity contribution < 1.29 is 34.9 Å². The number of benzene rings is 1. The third-order valence-electron chi connectivity index (χ3n) is 2.36. The van der Waals surface area contributed by atoms with Crippen LogP contribution < -0.4 is 0 Å². The molecule has 19 heavy (non-hydrogen) atoms. The van der Waals surface area contributed by atoms with E-state index in [-0.39, 0.29) is 11.8 Å². The van der Waals surface area contributed by atoms with Crippen LogP contribution in [0.4, 0.5) is 5.69 Å².